The Morgan fingerprint density at radius 2 is 2.04 bits per heavy atom. The number of carbonyl (C=O) groups is 4. The van der Waals surface area contributed by atoms with E-state index >= 15 is 0 Å². The minimum Gasteiger partial charge on any atom is -0.454 e. The fourth-order valence-corrected chi connectivity index (χ4v) is 4.42. The van der Waals surface area contributed by atoms with E-state index in [-0.39, 0.29) is 24.3 Å². The number of hydrogen-bond donors (Lipinski definition) is 1. The quantitative estimate of drug-likeness (QED) is 0.533. The van der Waals surface area contributed by atoms with E-state index in [1.54, 1.807) is 0 Å². The van der Waals surface area contributed by atoms with Crippen LogP contribution in [0.4, 0.5) is 4.79 Å². The summed E-state index contributed by atoms with van der Waals surface area (Å²) in [7, 11) is 1.50. The lowest BCUT2D eigenvalue weighted by atomic mass is 9.64. The summed E-state index contributed by atoms with van der Waals surface area (Å²) in [5.74, 6) is -1.43. The van der Waals surface area contributed by atoms with Gasteiger partial charge in [-0.05, 0) is 30.6 Å². The fourth-order valence-electron chi connectivity index (χ4n) is 4.42. The van der Waals surface area contributed by atoms with E-state index in [0.29, 0.717) is 12.8 Å². The maximum atomic E-state index is 13.0. The Labute approximate surface area is 165 Å². The molecule has 1 aliphatic carbocycles. The Morgan fingerprint density at radius 1 is 1.36 bits per heavy atom. The van der Waals surface area contributed by atoms with Crippen LogP contribution in [-0.2, 0) is 19.1 Å². The highest BCUT2D eigenvalue weighted by molar-refractivity contribution is 6.08. The van der Waals surface area contributed by atoms with Crippen molar-refractivity contribution in [1.82, 2.24) is 15.1 Å². The summed E-state index contributed by atoms with van der Waals surface area (Å²) in [6.45, 7) is 5.38. The van der Waals surface area contributed by atoms with Gasteiger partial charge in [-0.3, -0.25) is 19.3 Å². The molecule has 28 heavy (non-hydrogen) atoms. The molecule has 1 saturated heterocycles. The third-order valence-electron chi connectivity index (χ3n) is 5.25. The smallest absolute Gasteiger partial charge is 0.326 e. The van der Waals surface area contributed by atoms with Crippen LogP contribution in [0.5, 0.6) is 0 Å². The van der Waals surface area contributed by atoms with Gasteiger partial charge in [0.1, 0.15) is 12.1 Å². The Morgan fingerprint density at radius 3 is 2.64 bits per heavy atom. The second kappa shape index (κ2) is 8.17. The molecule has 1 spiro atoms. The molecule has 4 amide bonds. The summed E-state index contributed by atoms with van der Waals surface area (Å²) in [4.78, 5) is 51.4. The van der Waals surface area contributed by atoms with Crippen molar-refractivity contribution < 1.29 is 23.9 Å². The van der Waals surface area contributed by atoms with Gasteiger partial charge in [0, 0.05) is 13.6 Å². The van der Waals surface area contributed by atoms with Gasteiger partial charge in [-0.1, -0.05) is 20.8 Å². The van der Waals surface area contributed by atoms with Gasteiger partial charge in [0.2, 0.25) is 0 Å². The van der Waals surface area contributed by atoms with Crippen molar-refractivity contribution in [3.63, 3.8) is 0 Å². The number of nitrogens with one attached hydrogen (secondary N) is 1. The van der Waals surface area contributed by atoms with Crippen molar-refractivity contribution in [3.8, 4) is 6.07 Å². The van der Waals surface area contributed by atoms with Crippen LogP contribution >= 0.6 is 0 Å². The lowest BCUT2D eigenvalue weighted by molar-refractivity contribution is -0.153. The first-order valence-corrected chi connectivity index (χ1v) is 9.40. The first-order chi connectivity index (χ1) is 13.0. The van der Waals surface area contributed by atoms with Gasteiger partial charge in [-0.25, -0.2) is 4.79 Å². The second-order valence-corrected chi connectivity index (χ2v) is 8.64. The summed E-state index contributed by atoms with van der Waals surface area (Å²) in [6, 6.07) is 1.32. The van der Waals surface area contributed by atoms with Crippen LogP contribution in [-0.4, -0.2) is 65.9 Å². The highest BCUT2D eigenvalue weighted by atomic mass is 16.5. The number of ether oxygens (including phenoxy) is 1. The van der Waals surface area contributed by atoms with E-state index in [1.807, 2.05) is 13.0 Å². The molecule has 154 valence electrons. The molecule has 1 aliphatic heterocycles. The first-order valence-electron chi connectivity index (χ1n) is 9.40. The molecule has 0 unspecified atom stereocenters. The Kier molecular flexibility index (Phi) is 6.32. The Balaban J connectivity index is 1.95. The normalized spacial score (nSPS) is 26.0. The lowest BCUT2D eigenvalue weighted by Gasteiger charge is -2.43. The van der Waals surface area contributed by atoms with Gasteiger partial charge in [-0.15, -0.1) is 0 Å². The zero-order chi connectivity index (χ0) is 21.1. The van der Waals surface area contributed by atoms with E-state index < -0.39 is 42.5 Å². The topological polar surface area (TPSA) is 120 Å². The highest BCUT2D eigenvalue weighted by Gasteiger charge is 2.56. The van der Waals surface area contributed by atoms with Crippen LogP contribution in [0.3, 0.4) is 0 Å². The van der Waals surface area contributed by atoms with Crippen molar-refractivity contribution in [2.75, 3.05) is 26.7 Å². The molecule has 0 aromatic heterocycles. The molecular formula is C19H28N4O5. The molecule has 2 rings (SSSR count). The maximum Gasteiger partial charge on any atom is 0.326 e. The lowest BCUT2D eigenvalue weighted by Crippen LogP contribution is -2.54. The van der Waals surface area contributed by atoms with E-state index in [4.69, 9.17) is 10.00 Å². The third-order valence-corrected chi connectivity index (χ3v) is 5.25. The van der Waals surface area contributed by atoms with Crippen molar-refractivity contribution >= 4 is 23.8 Å². The van der Waals surface area contributed by atoms with Crippen molar-refractivity contribution in [1.29, 1.82) is 5.26 Å². The molecular weight excluding hydrogens is 364 g/mol. The molecule has 0 aromatic carbocycles. The Bertz CT molecular complexity index is 714. The molecule has 2 aliphatic rings. The largest absolute Gasteiger partial charge is 0.454 e. The Hall–Kier alpha value is -2.63. The number of nitriles is 1. The molecule has 0 aromatic rings. The zero-order valence-electron chi connectivity index (χ0n) is 16.9. The van der Waals surface area contributed by atoms with Gasteiger partial charge >= 0.3 is 12.0 Å². The number of rotatable bonds is 6. The van der Waals surface area contributed by atoms with Crippen LogP contribution < -0.4 is 5.32 Å². The molecule has 1 saturated carbocycles. The molecule has 2 fully saturated rings. The van der Waals surface area contributed by atoms with E-state index in [0.717, 1.165) is 11.3 Å². The van der Waals surface area contributed by atoms with E-state index in [1.165, 1.54) is 11.9 Å². The minimum atomic E-state index is -0.980. The van der Waals surface area contributed by atoms with Crippen molar-refractivity contribution in [2.45, 2.75) is 52.0 Å². The summed E-state index contributed by atoms with van der Waals surface area (Å²) in [5, 5.41) is 11.3. The average molecular weight is 392 g/mol. The van der Waals surface area contributed by atoms with Crippen LogP contribution in [0.25, 0.3) is 0 Å². The number of urea groups is 1. The van der Waals surface area contributed by atoms with Gasteiger partial charge in [-0.2, -0.15) is 5.26 Å². The molecule has 9 heteroatoms. The standard InChI is InChI=1S/C19H28N4O5/c1-13-8-18(2,3)12-19(9-13)16(26)23(17(27)21-19)10-15(25)28-11-14(24)22(4)7-5-6-20/h13H,5,7-12H2,1-4H3,(H,21,27)/t13-,19+/m0/s1. The van der Waals surface area contributed by atoms with Crippen molar-refractivity contribution in [2.24, 2.45) is 11.3 Å². The van der Waals surface area contributed by atoms with Crippen LogP contribution in [0, 0.1) is 22.7 Å². The molecule has 1 N–H and O–H groups in total. The number of likely N-dealkylation sites (N-methyl/N-ethyl adjacent to an activating group) is 1. The summed E-state index contributed by atoms with van der Waals surface area (Å²) < 4.78 is 4.91. The number of esters is 1. The number of amides is 4. The third kappa shape index (κ3) is 4.80. The van der Waals surface area contributed by atoms with Gasteiger partial charge in [0.05, 0.1) is 12.5 Å². The molecule has 2 atom stereocenters. The SMILES string of the molecule is C[C@H]1CC(C)(C)C[C@@]2(C1)NC(=O)N(CC(=O)OCC(=O)N(C)CCC#N)C2=O. The van der Waals surface area contributed by atoms with E-state index in [9.17, 15) is 19.2 Å². The molecule has 1 heterocycles. The first kappa shape index (κ1) is 21.7. The fraction of sp³-hybridized carbons (Fsp3) is 0.737. The highest BCUT2D eigenvalue weighted by Crippen LogP contribution is 2.46. The maximum absolute atomic E-state index is 13.0. The summed E-state index contributed by atoms with van der Waals surface area (Å²) in [5.41, 5.74) is -1.08. The number of nitrogens with zero attached hydrogens (tertiary/aromatic N) is 3. The van der Waals surface area contributed by atoms with Gasteiger partial charge in [0.15, 0.2) is 6.61 Å². The van der Waals surface area contributed by atoms with Crippen LogP contribution in [0.15, 0.2) is 0 Å². The average Bonchev–Trinajstić information content (AvgIpc) is 2.79. The minimum absolute atomic E-state index is 0.0996. The summed E-state index contributed by atoms with van der Waals surface area (Å²) >= 11 is 0. The predicted octanol–water partition coefficient (Wildman–Crippen LogP) is 1.04. The number of imide groups is 1. The molecule has 0 bridgehead atoms. The monoisotopic (exact) mass is 392 g/mol. The van der Waals surface area contributed by atoms with Gasteiger partial charge < -0.3 is 15.0 Å². The van der Waals surface area contributed by atoms with Crippen molar-refractivity contribution in [3.05, 3.63) is 0 Å². The predicted molar refractivity (Wildman–Crippen MR) is 98.6 cm³/mol. The van der Waals surface area contributed by atoms with E-state index in [2.05, 4.69) is 19.2 Å². The summed E-state index contributed by atoms with van der Waals surface area (Å²) in [6.07, 6.45) is 2.19. The molecule has 9 nitrogen and oxygen atoms in total. The van der Waals surface area contributed by atoms with Gasteiger partial charge in [0.25, 0.3) is 11.8 Å². The number of carbonyl (C=O) groups excluding carboxylic acids is 4. The van der Waals surface area contributed by atoms with Crippen LogP contribution in [0.2, 0.25) is 0 Å². The number of hydrogen-bond acceptors (Lipinski definition) is 6. The zero-order valence-corrected chi connectivity index (χ0v) is 16.9. The van der Waals surface area contributed by atoms with Crippen LogP contribution in [0.1, 0.15) is 46.5 Å². The molecule has 0 radical (unpaired) electrons. The second-order valence-electron chi connectivity index (χ2n) is 8.64.